The van der Waals surface area contributed by atoms with Crippen LogP contribution in [0.25, 0.3) is 0 Å². The number of carbonyl (C=O) groups excluding carboxylic acids is 1. The summed E-state index contributed by atoms with van der Waals surface area (Å²) in [5.41, 5.74) is 0. The van der Waals surface area contributed by atoms with E-state index in [9.17, 15) is 4.79 Å². The largest absolute Gasteiger partial charge is 0.355 e. The third-order valence-corrected chi connectivity index (χ3v) is 3.05. The lowest BCUT2D eigenvalue weighted by molar-refractivity contribution is -0.120. The van der Waals surface area contributed by atoms with Gasteiger partial charge in [0.2, 0.25) is 5.91 Å². The van der Waals surface area contributed by atoms with E-state index < -0.39 is 0 Å². The maximum Gasteiger partial charge on any atom is 0.233 e. The number of piperidine rings is 1. The summed E-state index contributed by atoms with van der Waals surface area (Å²) in [6.45, 7) is 8.90. The monoisotopic (exact) mass is 227 g/mol. The Bertz CT molecular complexity index is 200. The van der Waals surface area contributed by atoms with Gasteiger partial charge in [0.05, 0.1) is 6.54 Å². The molecule has 0 atom stereocenters. The van der Waals surface area contributed by atoms with Gasteiger partial charge in [-0.25, -0.2) is 0 Å². The normalized spacial score (nSPS) is 18.6. The van der Waals surface area contributed by atoms with E-state index >= 15 is 0 Å². The van der Waals surface area contributed by atoms with Crippen LogP contribution in [0.15, 0.2) is 0 Å². The highest BCUT2D eigenvalue weighted by Crippen LogP contribution is 2.09. The summed E-state index contributed by atoms with van der Waals surface area (Å²) in [6.07, 6.45) is 3.57. The van der Waals surface area contributed by atoms with Crippen molar-refractivity contribution in [2.24, 2.45) is 0 Å². The fourth-order valence-electron chi connectivity index (χ4n) is 2.17. The van der Waals surface area contributed by atoms with Crippen LogP contribution in [0.1, 0.15) is 33.1 Å². The molecular weight excluding hydrogens is 202 g/mol. The Hall–Kier alpha value is -0.610. The second-order valence-corrected chi connectivity index (χ2v) is 4.45. The van der Waals surface area contributed by atoms with Gasteiger partial charge >= 0.3 is 0 Å². The molecule has 0 aromatic carbocycles. The van der Waals surface area contributed by atoms with Crippen molar-refractivity contribution in [3.63, 3.8) is 0 Å². The fourth-order valence-corrected chi connectivity index (χ4v) is 2.17. The number of hydrogen-bond donors (Lipinski definition) is 2. The van der Waals surface area contributed by atoms with Crippen LogP contribution >= 0.6 is 0 Å². The van der Waals surface area contributed by atoms with Crippen molar-refractivity contribution >= 4 is 5.91 Å². The van der Waals surface area contributed by atoms with Gasteiger partial charge in [-0.3, -0.25) is 4.79 Å². The lowest BCUT2D eigenvalue weighted by Gasteiger charge is -2.32. The summed E-state index contributed by atoms with van der Waals surface area (Å²) in [6, 6.07) is 0.524. The average Bonchev–Trinajstić information content (AvgIpc) is 2.29. The van der Waals surface area contributed by atoms with Gasteiger partial charge in [-0.2, -0.15) is 0 Å². The number of hydrogen-bond acceptors (Lipinski definition) is 3. The minimum absolute atomic E-state index is 0.110. The standard InChI is InChI=1S/C12H25N3O/c1-3-7-15-8-5-11(6-9-15)14-10-12(16)13-4-2/h11,14H,3-10H2,1-2H3,(H,13,16). The maximum absolute atomic E-state index is 11.3. The smallest absolute Gasteiger partial charge is 0.233 e. The van der Waals surface area contributed by atoms with Crippen LogP contribution in [0, 0.1) is 0 Å². The lowest BCUT2D eigenvalue weighted by Crippen LogP contribution is -2.45. The fraction of sp³-hybridized carbons (Fsp3) is 0.917. The van der Waals surface area contributed by atoms with Crippen molar-refractivity contribution in [3.8, 4) is 0 Å². The Morgan fingerprint density at radius 3 is 2.56 bits per heavy atom. The summed E-state index contributed by atoms with van der Waals surface area (Å²) in [4.78, 5) is 13.8. The van der Waals surface area contributed by atoms with Crippen LogP contribution in [0.3, 0.4) is 0 Å². The molecule has 1 amide bonds. The van der Waals surface area contributed by atoms with E-state index in [0.29, 0.717) is 12.6 Å². The number of rotatable bonds is 6. The van der Waals surface area contributed by atoms with Gasteiger partial charge in [0.25, 0.3) is 0 Å². The summed E-state index contributed by atoms with van der Waals surface area (Å²) >= 11 is 0. The first-order valence-electron chi connectivity index (χ1n) is 6.48. The summed E-state index contributed by atoms with van der Waals surface area (Å²) in [5, 5.41) is 6.13. The molecular formula is C12H25N3O. The van der Waals surface area contributed by atoms with Crippen LogP contribution in [0.4, 0.5) is 0 Å². The van der Waals surface area contributed by atoms with E-state index in [4.69, 9.17) is 0 Å². The molecule has 0 aliphatic carbocycles. The van der Waals surface area contributed by atoms with Gasteiger partial charge in [0.1, 0.15) is 0 Å². The number of amides is 1. The predicted molar refractivity (Wildman–Crippen MR) is 66.4 cm³/mol. The molecule has 1 rings (SSSR count). The maximum atomic E-state index is 11.3. The molecule has 0 spiro atoms. The minimum atomic E-state index is 0.110. The molecule has 0 radical (unpaired) electrons. The van der Waals surface area contributed by atoms with Gasteiger partial charge < -0.3 is 15.5 Å². The first kappa shape index (κ1) is 13.5. The highest BCUT2D eigenvalue weighted by atomic mass is 16.1. The lowest BCUT2D eigenvalue weighted by atomic mass is 10.0. The van der Waals surface area contributed by atoms with E-state index in [-0.39, 0.29) is 5.91 Å². The molecule has 2 N–H and O–H groups in total. The molecule has 0 aromatic heterocycles. The SMILES string of the molecule is CCCN1CCC(NCC(=O)NCC)CC1. The predicted octanol–water partition coefficient (Wildman–Crippen LogP) is 0.587. The van der Waals surface area contributed by atoms with Gasteiger partial charge in [-0.05, 0) is 45.8 Å². The Morgan fingerprint density at radius 2 is 2.00 bits per heavy atom. The second-order valence-electron chi connectivity index (χ2n) is 4.45. The van der Waals surface area contributed by atoms with Crippen molar-refractivity contribution in [1.29, 1.82) is 0 Å². The van der Waals surface area contributed by atoms with E-state index in [0.717, 1.165) is 6.54 Å². The molecule has 1 aliphatic rings. The van der Waals surface area contributed by atoms with Gasteiger partial charge in [0.15, 0.2) is 0 Å². The summed E-state index contributed by atoms with van der Waals surface area (Å²) in [5.74, 6) is 0.110. The number of nitrogens with one attached hydrogen (secondary N) is 2. The topological polar surface area (TPSA) is 44.4 Å². The molecule has 4 heteroatoms. The molecule has 0 saturated carbocycles. The molecule has 1 heterocycles. The van der Waals surface area contributed by atoms with Crippen LogP contribution in [-0.4, -0.2) is 49.6 Å². The number of likely N-dealkylation sites (tertiary alicyclic amines) is 1. The first-order chi connectivity index (χ1) is 7.76. The van der Waals surface area contributed by atoms with Crippen molar-refractivity contribution in [2.45, 2.75) is 39.2 Å². The highest BCUT2D eigenvalue weighted by molar-refractivity contribution is 5.77. The van der Waals surface area contributed by atoms with Gasteiger partial charge in [0, 0.05) is 12.6 Å². The summed E-state index contributed by atoms with van der Waals surface area (Å²) in [7, 11) is 0. The molecule has 1 fully saturated rings. The molecule has 0 bridgehead atoms. The van der Waals surface area contributed by atoms with Crippen molar-refractivity contribution in [1.82, 2.24) is 15.5 Å². The Morgan fingerprint density at radius 1 is 1.31 bits per heavy atom. The van der Waals surface area contributed by atoms with E-state index in [2.05, 4.69) is 22.5 Å². The Balaban J connectivity index is 2.10. The van der Waals surface area contributed by atoms with Crippen molar-refractivity contribution in [3.05, 3.63) is 0 Å². The van der Waals surface area contributed by atoms with Crippen LogP contribution in [0.5, 0.6) is 0 Å². The molecule has 0 unspecified atom stereocenters. The zero-order valence-electron chi connectivity index (χ0n) is 10.6. The summed E-state index contributed by atoms with van der Waals surface area (Å²) < 4.78 is 0. The second kappa shape index (κ2) is 7.63. The quantitative estimate of drug-likeness (QED) is 0.698. The van der Waals surface area contributed by atoms with Crippen molar-refractivity contribution < 1.29 is 4.79 Å². The Kier molecular flexibility index (Phi) is 6.42. The zero-order chi connectivity index (χ0) is 11.8. The van der Waals surface area contributed by atoms with E-state index in [1.807, 2.05) is 6.92 Å². The van der Waals surface area contributed by atoms with E-state index in [1.54, 1.807) is 0 Å². The zero-order valence-corrected chi connectivity index (χ0v) is 10.6. The molecule has 94 valence electrons. The molecule has 16 heavy (non-hydrogen) atoms. The molecule has 4 nitrogen and oxygen atoms in total. The average molecular weight is 227 g/mol. The van der Waals surface area contributed by atoms with Gasteiger partial charge in [-0.15, -0.1) is 0 Å². The number of likely N-dealkylation sites (N-methyl/N-ethyl adjacent to an activating group) is 1. The van der Waals surface area contributed by atoms with Crippen molar-refractivity contribution in [2.75, 3.05) is 32.7 Å². The molecule has 1 aliphatic heterocycles. The number of carbonyl (C=O) groups is 1. The minimum Gasteiger partial charge on any atom is -0.355 e. The Labute approximate surface area is 98.8 Å². The van der Waals surface area contributed by atoms with Crippen LogP contribution in [-0.2, 0) is 4.79 Å². The van der Waals surface area contributed by atoms with Crippen LogP contribution in [0.2, 0.25) is 0 Å². The van der Waals surface area contributed by atoms with Crippen LogP contribution < -0.4 is 10.6 Å². The third-order valence-electron chi connectivity index (χ3n) is 3.05. The van der Waals surface area contributed by atoms with E-state index in [1.165, 1.54) is 38.9 Å². The number of nitrogens with zero attached hydrogens (tertiary/aromatic N) is 1. The molecule has 0 aromatic rings. The third kappa shape index (κ3) is 4.94. The highest BCUT2D eigenvalue weighted by Gasteiger charge is 2.18. The molecule has 1 saturated heterocycles. The first-order valence-corrected chi connectivity index (χ1v) is 6.48. The van der Waals surface area contributed by atoms with Gasteiger partial charge in [-0.1, -0.05) is 6.92 Å².